The van der Waals surface area contributed by atoms with Crippen molar-refractivity contribution in [2.45, 2.75) is 32.0 Å². The molecule has 0 spiro atoms. The van der Waals surface area contributed by atoms with Gasteiger partial charge in [-0.2, -0.15) is 13.2 Å². The van der Waals surface area contributed by atoms with Crippen molar-refractivity contribution >= 4 is 23.2 Å². The van der Waals surface area contributed by atoms with E-state index in [0.29, 0.717) is 23.4 Å². The Kier molecular flexibility index (Phi) is 9.20. The van der Waals surface area contributed by atoms with Gasteiger partial charge in [-0.05, 0) is 68.8 Å². The molecule has 2 heterocycles. The van der Waals surface area contributed by atoms with E-state index in [1.165, 1.54) is 25.4 Å². The molecule has 1 fully saturated rings. The van der Waals surface area contributed by atoms with Gasteiger partial charge in [0.15, 0.2) is 0 Å². The third-order valence-electron chi connectivity index (χ3n) is 6.39. The molecule has 3 aromatic rings. The number of hydrogen-bond acceptors (Lipinski definition) is 7. The third-order valence-corrected chi connectivity index (χ3v) is 6.39. The summed E-state index contributed by atoms with van der Waals surface area (Å²) in [4.78, 5) is 23.1. The molecular formula is C27H32F3N7O2. The fourth-order valence-electron chi connectivity index (χ4n) is 4.30. The van der Waals surface area contributed by atoms with Crippen LogP contribution in [0.5, 0.6) is 11.6 Å². The first-order valence-electron chi connectivity index (χ1n) is 12.7. The van der Waals surface area contributed by atoms with Gasteiger partial charge in [0.1, 0.15) is 17.9 Å². The minimum atomic E-state index is -4.50. The van der Waals surface area contributed by atoms with Crippen molar-refractivity contribution in [3.05, 3.63) is 66.0 Å². The highest BCUT2D eigenvalue weighted by molar-refractivity contribution is 5.99. The molecule has 0 bridgehead atoms. The van der Waals surface area contributed by atoms with Gasteiger partial charge in [-0.3, -0.25) is 0 Å². The molecule has 1 aliphatic rings. The van der Waals surface area contributed by atoms with Crippen molar-refractivity contribution in [2.24, 2.45) is 0 Å². The van der Waals surface area contributed by atoms with Gasteiger partial charge in [0.05, 0.1) is 5.56 Å². The predicted octanol–water partition coefficient (Wildman–Crippen LogP) is 5.02. The van der Waals surface area contributed by atoms with Gasteiger partial charge in [0.25, 0.3) is 0 Å². The number of piperidine rings is 1. The molecule has 4 N–H and O–H groups in total. The summed E-state index contributed by atoms with van der Waals surface area (Å²) < 4.78 is 45.3. The summed E-state index contributed by atoms with van der Waals surface area (Å²) in [6.07, 6.45) is -0.977. The van der Waals surface area contributed by atoms with Gasteiger partial charge in [0.2, 0.25) is 5.88 Å². The van der Waals surface area contributed by atoms with Crippen molar-refractivity contribution in [1.29, 1.82) is 0 Å². The van der Waals surface area contributed by atoms with E-state index in [-0.39, 0.29) is 11.3 Å². The SMILES string of the molecule is CNCCNC1CCN(c2cc(Oc3ccc(NC(=O)Nc4ccc(C)c(C(F)(F)F)c4)cc3)ncn2)CC1. The van der Waals surface area contributed by atoms with Crippen molar-refractivity contribution in [3.8, 4) is 11.6 Å². The van der Waals surface area contributed by atoms with Crippen LogP contribution in [0.15, 0.2) is 54.9 Å². The van der Waals surface area contributed by atoms with Crippen LogP contribution in [-0.4, -0.2) is 55.3 Å². The van der Waals surface area contributed by atoms with Crippen LogP contribution in [0.2, 0.25) is 0 Å². The monoisotopic (exact) mass is 543 g/mol. The number of hydrogen-bond donors (Lipinski definition) is 4. The average Bonchev–Trinajstić information content (AvgIpc) is 2.91. The van der Waals surface area contributed by atoms with Crippen LogP contribution >= 0.6 is 0 Å². The van der Waals surface area contributed by atoms with E-state index in [1.54, 1.807) is 30.3 Å². The second-order valence-corrected chi connectivity index (χ2v) is 9.27. The van der Waals surface area contributed by atoms with E-state index in [0.717, 1.165) is 50.9 Å². The molecule has 0 atom stereocenters. The highest BCUT2D eigenvalue weighted by Gasteiger charge is 2.32. The molecule has 2 amide bonds. The maximum atomic E-state index is 13.1. The molecule has 4 rings (SSSR count). The van der Waals surface area contributed by atoms with E-state index in [4.69, 9.17) is 4.74 Å². The van der Waals surface area contributed by atoms with Crippen molar-refractivity contribution in [3.63, 3.8) is 0 Å². The van der Waals surface area contributed by atoms with E-state index in [9.17, 15) is 18.0 Å². The van der Waals surface area contributed by atoms with Crippen molar-refractivity contribution in [2.75, 3.05) is 48.8 Å². The molecule has 12 heteroatoms. The second-order valence-electron chi connectivity index (χ2n) is 9.27. The summed E-state index contributed by atoms with van der Waals surface area (Å²) in [5.41, 5.74) is -0.231. The Morgan fingerprint density at radius 2 is 1.69 bits per heavy atom. The number of carbonyl (C=O) groups excluding carboxylic acids is 1. The normalized spacial score (nSPS) is 14.2. The summed E-state index contributed by atoms with van der Waals surface area (Å²) in [6, 6.07) is 11.8. The number of benzene rings is 2. The number of halogens is 3. The summed E-state index contributed by atoms with van der Waals surface area (Å²) >= 11 is 0. The zero-order valence-electron chi connectivity index (χ0n) is 21.8. The Labute approximate surface area is 225 Å². The predicted molar refractivity (Wildman–Crippen MR) is 145 cm³/mol. The number of nitrogens with zero attached hydrogens (tertiary/aromatic N) is 3. The number of rotatable bonds is 9. The number of likely N-dealkylation sites (N-methyl/N-ethyl adjacent to an activating group) is 1. The summed E-state index contributed by atoms with van der Waals surface area (Å²) in [5.74, 6) is 1.70. The lowest BCUT2D eigenvalue weighted by molar-refractivity contribution is -0.138. The highest BCUT2D eigenvalue weighted by atomic mass is 19.4. The molecule has 0 unspecified atom stereocenters. The first-order valence-corrected chi connectivity index (χ1v) is 12.7. The summed E-state index contributed by atoms with van der Waals surface area (Å²) in [7, 11) is 1.94. The Hall–Kier alpha value is -3.90. The fraction of sp³-hybridized carbons (Fsp3) is 0.370. The van der Waals surface area contributed by atoms with Gasteiger partial charge in [-0.15, -0.1) is 0 Å². The summed E-state index contributed by atoms with van der Waals surface area (Å²) in [5, 5.41) is 11.7. The average molecular weight is 544 g/mol. The Balaban J connectivity index is 1.29. The van der Waals surface area contributed by atoms with E-state index in [1.807, 2.05) is 7.05 Å². The topological polar surface area (TPSA) is 103 Å². The van der Waals surface area contributed by atoms with E-state index < -0.39 is 17.8 Å². The Bertz CT molecular complexity index is 1250. The Morgan fingerprint density at radius 3 is 2.38 bits per heavy atom. The fourth-order valence-corrected chi connectivity index (χ4v) is 4.30. The maximum absolute atomic E-state index is 13.1. The standard InChI is InChI=1S/C27H32F3N7O2/c1-18-3-4-21(15-23(18)27(28,29)30)36-26(38)35-20-5-7-22(8-6-20)39-25-16-24(33-17-34-25)37-13-9-19(10-14-37)32-12-11-31-2/h3-8,15-17,19,31-32H,9-14H2,1-2H3,(H2,35,36,38). The molecule has 0 saturated carbocycles. The number of aryl methyl sites for hydroxylation is 1. The van der Waals surface area contributed by atoms with Crippen LogP contribution in [0.3, 0.4) is 0 Å². The smallest absolute Gasteiger partial charge is 0.416 e. The maximum Gasteiger partial charge on any atom is 0.416 e. The minimum Gasteiger partial charge on any atom is -0.439 e. The number of alkyl halides is 3. The zero-order chi connectivity index (χ0) is 27.8. The van der Waals surface area contributed by atoms with Crippen LogP contribution in [0.25, 0.3) is 0 Å². The highest BCUT2D eigenvalue weighted by Crippen LogP contribution is 2.33. The molecule has 1 aromatic heterocycles. The zero-order valence-corrected chi connectivity index (χ0v) is 21.8. The first-order chi connectivity index (χ1) is 18.7. The number of urea groups is 1. The molecule has 1 saturated heterocycles. The lowest BCUT2D eigenvalue weighted by Gasteiger charge is -2.33. The number of carbonyl (C=O) groups is 1. The molecule has 2 aromatic carbocycles. The number of ether oxygens (including phenoxy) is 1. The second kappa shape index (κ2) is 12.8. The molecule has 208 valence electrons. The van der Waals surface area contributed by atoms with Crippen LogP contribution in [0.1, 0.15) is 24.0 Å². The van der Waals surface area contributed by atoms with Crippen LogP contribution < -0.4 is 30.9 Å². The molecule has 0 aliphatic carbocycles. The van der Waals surface area contributed by atoms with Crippen LogP contribution in [0.4, 0.5) is 35.2 Å². The lowest BCUT2D eigenvalue weighted by Crippen LogP contribution is -2.44. The number of anilines is 3. The van der Waals surface area contributed by atoms with E-state index >= 15 is 0 Å². The molecule has 1 aliphatic heterocycles. The quantitative estimate of drug-likeness (QED) is 0.281. The van der Waals surface area contributed by atoms with Gasteiger partial charge >= 0.3 is 12.2 Å². The molecular weight excluding hydrogens is 511 g/mol. The molecule has 0 radical (unpaired) electrons. The molecule has 39 heavy (non-hydrogen) atoms. The van der Waals surface area contributed by atoms with Gasteiger partial charge in [0, 0.05) is 49.7 Å². The largest absolute Gasteiger partial charge is 0.439 e. The molecule has 9 nitrogen and oxygen atoms in total. The van der Waals surface area contributed by atoms with Gasteiger partial charge in [-0.1, -0.05) is 6.07 Å². The van der Waals surface area contributed by atoms with Crippen molar-refractivity contribution < 1.29 is 22.7 Å². The number of aromatic nitrogens is 2. The van der Waals surface area contributed by atoms with Crippen molar-refractivity contribution in [1.82, 2.24) is 20.6 Å². The minimum absolute atomic E-state index is 0.0410. The van der Waals surface area contributed by atoms with E-state index in [2.05, 4.69) is 36.1 Å². The third kappa shape index (κ3) is 8.04. The number of nitrogens with one attached hydrogen (secondary N) is 4. The van der Waals surface area contributed by atoms with Gasteiger partial charge in [-0.25, -0.2) is 14.8 Å². The lowest BCUT2D eigenvalue weighted by atomic mass is 10.1. The Morgan fingerprint density at radius 1 is 1.00 bits per heavy atom. The van der Waals surface area contributed by atoms with Crippen LogP contribution in [-0.2, 0) is 6.18 Å². The summed E-state index contributed by atoms with van der Waals surface area (Å²) in [6.45, 7) is 5.02. The number of amides is 2. The first kappa shape index (κ1) is 28.1. The van der Waals surface area contributed by atoms with Crippen LogP contribution in [0, 0.1) is 6.92 Å². The van der Waals surface area contributed by atoms with Gasteiger partial charge < -0.3 is 30.9 Å².